The highest BCUT2D eigenvalue weighted by Gasteiger charge is 2.16. The van der Waals surface area contributed by atoms with E-state index in [0.29, 0.717) is 19.2 Å². The second kappa shape index (κ2) is 7.59. The Morgan fingerprint density at radius 2 is 2.00 bits per heavy atom. The number of hydrogen-bond acceptors (Lipinski definition) is 4. The molecule has 114 valence electrons. The van der Waals surface area contributed by atoms with Crippen LogP contribution in [-0.2, 0) is 0 Å². The number of ether oxygens (including phenoxy) is 1. The molecule has 4 heteroatoms. The molecule has 0 fully saturated rings. The van der Waals surface area contributed by atoms with E-state index in [-0.39, 0.29) is 0 Å². The highest BCUT2D eigenvalue weighted by molar-refractivity contribution is 7.10. The van der Waals surface area contributed by atoms with Gasteiger partial charge in [0.2, 0.25) is 0 Å². The predicted molar refractivity (Wildman–Crippen MR) is 88.0 cm³/mol. The van der Waals surface area contributed by atoms with E-state index in [9.17, 15) is 5.11 Å². The second-order valence-corrected chi connectivity index (χ2v) is 6.34. The fourth-order valence-electron chi connectivity index (χ4n) is 2.19. The molecular weight excluding hydrogens is 282 g/mol. The van der Waals surface area contributed by atoms with Crippen LogP contribution in [-0.4, -0.2) is 36.3 Å². The third-order valence-corrected chi connectivity index (χ3v) is 4.68. The summed E-state index contributed by atoms with van der Waals surface area (Å²) in [5, 5.41) is 12.2. The molecule has 0 amide bonds. The molecule has 1 aromatic carbocycles. The summed E-state index contributed by atoms with van der Waals surface area (Å²) in [6.07, 6.45) is -0.503. The quantitative estimate of drug-likeness (QED) is 0.850. The molecule has 0 radical (unpaired) electrons. The van der Waals surface area contributed by atoms with Crippen LogP contribution in [0.15, 0.2) is 41.8 Å². The maximum Gasteiger partial charge on any atom is 0.122 e. The summed E-state index contributed by atoms with van der Waals surface area (Å²) < 4.78 is 5.70. The van der Waals surface area contributed by atoms with Crippen LogP contribution < -0.4 is 4.74 Å². The van der Waals surface area contributed by atoms with Gasteiger partial charge in [-0.05, 0) is 44.0 Å². The molecule has 0 bridgehead atoms. The van der Waals surface area contributed by atoms with Crippen molar-refractivity contribution >= 4 is 11.3 Å². The van der Waals surface area contributed by atoms with Crippen molar-refractivity contribution in [3.63, 3.8) is 0 Å². The average Bonchev–Trinajstić information content (AvgIpc) is 2.99. The summed E-state index contributed by atoms with van der Waals surface area (Å²) in [4.78, 5) is 3.46. The second-order valence-electron chi connectivity index (χ2n) is 5.36. The molecule has 2 aromatic rings. The maximum atomic E-state index is 10.2. The van der Waals surface area contributed by atoms with Crippen LogP contribution in [0.1, 0.15) is 23.4 Å². The van der Waals surface area contributed by atoms with Crippen LogP contribution in [0.3, 0.4) is 0 Å². The third kappa shape index (κ3) is 4.56. The molecule has 2 unspecified atom stereocenters. The van der Waals surface area contributed by atoms with Crippen LogP contribution >= 0.6 is 11.3 Å². The first kappa shape index (κ1) is 16.0. The molecular formula is C17H23NO2S. The Morgan fingerprint density at radius 1 is 1.24 bits per heavy atom. The number of aliphatic hydroxyl groups is 1. The standard InChI is InChI=1S/C17H23NO2S/c1-13-7-4-5-8-16(13)20-12-15(19)11-18(3)14(2)17-9-6-10-21-17/h4-10,14-15,19H,11-12H2,1-3H3. The van der Waals surface area contributed by atoms with Crippen molar-refractivity contribution in [3.8, 4) is 5.75 Å². The van der Waals surface area contributed by atoms with Crippen molar-refractivity contribution in [2.24, 2.45) is 0 Å². The smallest absolute Gasteiger partial charge is 0.122 e. The fourth-order valence-corrected chi connectivity index (χ4v) is 3.04. The van der Waals surface area contributed by atoms with Gasteiger partial charge in [0.05, 0.1) is 0 Å². The van der Waals surface area contributed by atoms with Crippen molar-refractivity contribution in [3.05, 3.63) is 52.2 Å². The minimum absolute atomic E-state index is 0.304. The number of benzene rings is 1. The Morgan fingerprint density at radius 3 is 2.67 bits per heavy atom. The van der Waals surface area contributed by atoms with Gasteiger partial charge in [0, 0.05) is 17.5 Å². The molecule has 0 aliphatic heterocycles. The summed E-state index contributed by atoms with van der Waals surface area (Å²) >= 11 is 1.74. The minimum atomic E-state index is -0.503. The number of likely N-dealkylation sites (N-methyl/N-ethyl adjacent to an activating group) is 1. The van der Waals surface area contributed by atoms with Gasteiger partial charge in [-0.2, -0.15) is 0 Å². The normalized spacial score (nSPS) is 14.1. The van der Waals surface area contributed by atoms with Gasteiger partial charge in [0.1, 0.15) is 18.5 Å². The van der Waals surface area contributed by atoms with Crippen molar-refractivity contribution in [2.75, 3.05) is 20.2 Å². The summed E-state index contributed by atoms with van der Waals surface area (Å²) in [5.74, 6) is 0.838. The molecule has 0 saturated heterocycles. The predicted octanol–water partition coefficient (Wildman–Crippen LogP) is 3.49. The van der Waals surface area contributed by atoms with Crippen LogP contribution in [0.2, 0.25) is 0 Å². The molecule has 0 aliphatic carbocycles. The highest BCUT2D eigenvalue weighted by atomic mass is 32.1. The number of nitrogens with zero attached hydrogens (tertiary/aromatic N) is 1. The molecule has 0 spiro atoms. The zero-order chi connectivity index (χ0) is 15.2. The zero-order valence-electron chi connectivity index (χ0n) is 12.8. The molecule has 1 aromatic heterocycles. The monoisotopic (exact) mass is 305 g/mol. The van der Waals surface area contributed by atoms with E-state index in [2.05, 4.69) is 29.3 Å². The van der Waals surface area contributed by atoms with Crippen LogP contribution in [0.25, 0.3) is 0 Å². The number of hydrogen-bond donors (Lipinski definition) is 1. The summed E-state index contributed by atoms with van der Waals surface area (Å²) in [7, 11) is 2.03. The average molecular weight is 305 g/mol. The van der Waals surface area contributed by atoms with Gasteiger partial charge in [-0.3, -0.25) is 4.90 Å². The van der Waals surface area contributed by atoms with Crippen molar-refractivity contribution in [2.45, 2.75) is 26.0 Å². The van der Waals surface area contributed by atoms with Gasteiger partial charge in [0.25, 0.3) is 0 Å². The number of para-hydroxylation sites is 1. The first-order valence-corrected chi connectivity index (χ1v) is 8.06. The number of aliphatic hydroxyl groups excluding tert-OH is 1. The topological polar surface area (TPSA) is 32.7 Å². The largest absolute Gasteiger partial charge is 0.491 e. The molecule has 2 atom stereocenters. The van der Waals surface area contributed by atoms with E-state index in [1.165, 1.54) is 4.88 Å². The van der Waals surface area contributed by atoms with Gasteiger partial charge < -0.3 is 9.84 Å². The molecule has 1 N–H and O–H groups in total. The van der Waals surface area contributed by atoms with E-state index >= 15 is 0 Å². The SMILES string of the molecule is Cc1ccccc1OCC(O)CN(C)C(C)c1cccs1. The highest BCUT2D eigenvalue weighted by Crippen LogP contribution is 2.23. The molecule has 3 nitrogen and oxygen atoms in total. The minimum Gasteiger partial charge on any atom is -0.491 e. The van der Waals surface area contributed by atoms with Crippen molar-refractivity contribution < 1.29 is 9.84 Å². The number of rotatable bonds is 7. The lowest BCUT2D eigenvalue weighted by Crippen LogP contribution is -2.34. The third-order valence-electron chi connectivity index (χ3n) is 3.64. The number of aryl methyl sites for hydroxylation is 1. The van der Waals surface area contributed by atoms with E-state index in [1.54, 1.807) is 11.3 Å². The van der Waals surface area contributed by atoms with E-state index in [1.807, 2.05) is 38.2 Å². The fraction of sp³-hybridized carbons (Fsp3) is 0.412. The van der Waals surface area contributed by atoms with Gasteiger partial charge in [-0.25, -0.2) is 0 Å². The zero-order valence-corrected chi connectivity index (χ0v) is 13.6. The van der Waals surface area contributed by atoms with Gasteiger partial charge in [-0.15, -0.1) is 11.3 Å². The molecule has 2 rings (SSSR count). The van der Waals surface area contributed by atoms with Crippen LogP contribution in [0, 0.1) is 6.92 Å². The van der Waals surface area contributed by atoms with E-state index < -0.39 is 6.10 Å². The Balaban J connectivity index is 1.81. The van der Waals surface area contributed by atoms with Gasteiger partial charge >= 0.3 is 0 Å². The first-order chi connectivity index (χ1) is 10.1. The molecule has 21 heavy (non-hydrogen) atoms. The van der Waals surface area contributed by atoms with Gasteiger partial charge in [0.15, 0.2) is 0 Å². The number of thiophene rings is 1. The lowest BCUT2D eigenvalue weighted by atomic mass is 10.2. The van der Waals surface area contributed by atoms with E-state index in [4.69, 9.17) is 4.74 Å². The summed E-state index contributed by atoms with van der Waals surface area (Å²) in [6, 6.07) is 12.4. The first-order valence-electron chi connectivity index (χ1n) is 7.18. The van der Waals surface area contributed by atoms with Crippen LogP contribution in [0.5, 0.6) is 5.75 Å². The summed E-state index contributed by atoms with van der Waals surface area (Å²) in [6.45, 7) is 5.06. The Labute approximate surface area is 130 Å². The molecule has 0 saturated carbocycles. The Hall–Kier alpha value is -1.36. The summed E-state index contributed by atoms with van der Waals surface area (Å²) in [5.41, 5.74) is 1.09. The van der Waals surface area contributed by atoms with Crippen molar-refractivity contribution in [1.29, 1.82) is 0 Å². The lowest BCUT2D eigenvalue weighted by Gasteiger charge is -2.26. The maximum absolute atomic E-state index is 10.2. The van der Waals surface area contributed by atoms with E-state index in [0.717, 1.165) is 11.3 Å². The molecule has 1 heterocycles. The van der Waals surface area contributed by atoms with Gasteiger partial charge in [-0.1, -0.05) is 24.3 Å². The molecule has 0 aliphatic rings. The van der Waals surface area contributed by atoms with Crippen LogP contribution in [0.4, 0.5) is 0 Å². The van der Waals surface area contributed by atoms with Crippen molar-refractivity contribution in [1.82, 2.24) is 4.90 Å². The Bertz CT molecular complexity index is 541. The lowest BCUT2D eigenvalue weighted by molar-refractivity contribution is 0.0656. The Kier molecular flexibility index (Phi) is 5.79.